The predicted octanol–water partition coefficient (Wildman–Crippen LogP) is 4.47. The minimum absolute atomic E-state index is 0.783. The van der Waals surface area contributed by atoms with Crippen molar-refractivity contribution < 1.29 is 0 Å². The molecule has 5 aliphatic rings. The van der Waals surface area contributed by atoms with Gasteiger partial charge < -0.3 is 4.90 Å². The number of hydrogen-bond acceptors (Lipinski definition) is 1. The second kappa shape index (κ2) is 4.76. The smallest absolute Gasteiger partial charge is 0.00722 e. The molecule has 1 atom stereocenters. The Bertz CT molecular complexity index is 293. The molecule has 4 saturated carbocycles. The fourth-order valence-corrected chi connectivity index (χ4v) is 6.65. The van der Waals surface area contributed by atoms with Crippen LogP contribution in [-0.2, 0) is 0 Å². The molecule has 1 aliphatic heterocycles. The zero-order valence-corrected chi connectivity index (χ0v) is 12.7. The molecule has 4 aliphatic carbocycles. The molecule has 108 valence electrons. The van der Waals surface area contributed by atoms with Crippen LogP contribution in [0.1, 0.15) is 71.1 Å². The molecule has 0 aromatic rings. The highest BCUT2D eigenvalue weighted by Gasteiger charge is 2.51. The summed E-state index contributed by atoms with van der Waals surface area (Å²) in [5, 5.41) is 0. The van der Waals surface area contributed by atoms with Gasteiger partial charge in [0.2, 0.25) is 0 Å². The van der Waals surface area contributed by atoms with Crippen molar-refractivity contribution >= 4 is 0 Å². The van der Waals surface area contributed by atoms with Gasteiger partial charge in [-0.1, -0.05) is 6.42 Å². The minimum atomic E-state index is 0.783. The van der Waals surface area contributed by atoms with Gasteiger partial charge in [0.1, 0.15) is 0 Å². The van der Waals surface area contributed by atoms with E-state index in [2.05, 4.69) is 11.8 Å². The molecule has 19 heavy (non-hydrogen) atoms. The van der Waals surface area contributed by atoms with E-state index in [0.29, 0.717) is 0 Å². The lowest BCUT2D eigenvalue weighted by molar-refractivity contribution is -0.0693. The maximum absolute atomic E-state index is 2.81. The molecule has 0 N–H and O–H groups in total. The Morgan fingerprint density at radius 3 is 1.95 bits per heavy atom. The summed E-state index contributed by atoms with van der Waals surface area (Å²) >= 11 is 0. The third-order valence-electron chi connectivity index (χ3n) is 6.91. The minimum Gasteiger partial charge on any atom is -0.301 e. The number of rotatable bonds is 3. The van der Waals surface area contributed by atoms with E-state index in [-0.39, 0.29) is 0 Å². The fourth-order valence-electron chi connectivity index (χ4n) is 6.65. The second-order valence-corrected chi connectivity index (χ2v) is 8.57. The Morgan fingerprint density at radius 2 is 1.42 bits per heavy atom. The summed E-state index contributed by atoms with van der Waals surface area (Å²) in [5.74, 6) is 3.37. The van der Waals surface area contributed by atoms with Gasteiger partial charge in [-0.05, 0) is 101 Å². The van der Waals surface area contributed by atoms with Crippen LogP contribution in [0.25, 0.3) is 0 Å². The van der Waals surface area contributed by atoms with E-state index in [1.54, 1.807) is 38.5 Å². The van der Waals surface area contributed by atoms with Crippen LogP contribution in [0.4, 0.5) is 0 Å². The summed E-state index contributed by atoms with van der Waals surface area (Å²) in [6.45, 7) is 5.30. The molecule has 0 amide bonds. The van der Waals surface area contributed by atoms with E-state index in [0.717, 1.165) is 29.2 Å². The first-order valence-corrected chi connectivity index (χ1v) is 8.96. The summed E-state index contributed by atoms with van der Waals surface area (Å²) < 4.78 is 0. The van der Waals surface area contributed by atoms with E-state index in [9.17, 15) is 0 Å². The molecule has 1 heterocycles. The third kappa shape index (κ3) is 2.37. The van der Waals surface area contributed by atoms with Gasteiger partial charge in [0.25, 0.3) is 0 Å². The Labute approximate surface area is 119 Å². The molecule has 5 fully saturated rings. The van der Waals surface area contributed by atoms with Gasteiger partial charge in [-0.25, -0.2) is 0 Å². The van der Waals surface area contributed by atoms with Crippen molar-refractivity contribution in [2.45, 2.75) is 77.2 Å². The third-order valence-corrected chi connectivity index (χ3v) is 6.91. The van der Waals surface area contributed by atoms with Gasteiger partial charge in [0.05, 0.1) is 0 Å². The predicted molar refractivity (Wildman–Crippen MR) is 80.1 cm³/mol. The van der Waals surface area contributed by atoms with Crippen LogP contribution in [0, 0.1) is 23.2 Å². The fraction of sp³-hybridized carbons (Fsp3) is 1.00. The maximum atomic E-state index is 2.81. The van der Waals surface area contributed by atoms with Crippen LogP contribution in [0.3, 0.4) is 0 Å². The Balaban J connectivity index is 1.44. The van der Waals surface area contributed by atoms with Gasteiger partial charge >= 0.3 is 0 Å². The number of piperidine rings is 1. The van der Waals surface area contributed by atoms with Crippen LogP contribution in [0.2, 0.25) is 0 Å². The molecule has 1 unspecified atom stereocenters. The van der Waals surface area contributed by atoms with Gasteiger partial charge in [-0.2, -0.15) is 0 Å². The second-order valence-electron chi connectivity index (χ2n) is 8.57. The van der Waals surface area contributed by atoms with Crippen LogP contribution in [0.15, 0.2) is 0 Å². The lowest BCUT2D eigenvalue weighted by atomic mass is 9.48. The van der Waals surface area contributed by atoms with Crippen molar-refractivity contribution in [1.29, 1.82) is 0 Å². The van der Waals surface area contributed by atoms with Gasteiger partial charge in [-0.3, -0.25) is 0 Å². The van der Waals surface area contributed by atoms with E-state index < -0.39 is 0 Å². The van der Waals surface area contributed by atoms with Crippen molar-refractivity contribution in [3.05, 3.63) is 0 Å². The molecule has 0 spiro atoms. The molecular formula is C18H31N. The molecule has 4 bridgehead atoms. The molecular weight excluding hydrogens is 230 g/mol. The molecule has 1 nitrogen and oxygen atoms in total. The largest absolute Gasteiger partial charge is 0.301 e. The topological polar surface area (TPSA) is 3.24 Å². The zero-order chi connectivity index (χ0) is 12.9. The van der Waals surface area contributed by atoms with Crippen LogP contribution >= 0.6 is 0 Å². The summed E-state index contributed by atoms with van der Waals surface area (Å²) in [6, 6.07) is 0.858. The van der Waals surface area contributed by atoms with Crippen molar-refractivity contribution in [3.8, 4) is 0 Å². The lowest BCUT2D eigenvalue weighted by Gasteiger charge is -2.58. The maximum Gasteiger partial charge on any atom is 0.00722 e. The van der Waals surface area contributed by atoms with Gasteiger partial charge in [0, 0.05) is 6.04 Å². The first kappa shape index (κ1) is 12.7. The quantitative estimate of drug-likeness (QED) is 0.724. The first-order valence-electron chi connectivity index (χ1n) is 8.96. The normalized spacial score (nSPS) is 47.5. The average molecular weight is 261 g/mol. The van der Waals surface area contributed by atoms with Gasteiger partial charge in [-0.15, -0.1) is 0 Å². The number of hydrogen-bond donors (Lipinski definition) is 0. The van der Waals surface area contributed by atoms with Crippen molar-refractivity contribution in [2.24, 2.45) is 23.2 Å². The molecule has 0 aromatic carbocycles. The molecule has 0 radical (unpaired) electrons. The van der Waals surface area contributed by atoms with Crippen molar-refractivity contribution in [1.82, 2.24) is 4.90 Å². The molecule has 1 saturated heterocycles. The molecule has 0 aromatic heterocycles. The molecule has 1 heteroatoms. The van der Waals surface area contributed by atoms with E-state index in [1.807, 2.05) is 0 Å². The Hall–Kier alpha value is -0.0400. The van der Waals surface area contributed by atoms with Crippen LogP contribution in [0.5, 0.6) is 0 Å². The SMILES string of the molecule is CC(CC12CC3CC(CC(C3)C1)C2)N1CCCCC1. The summed E-state index contributed by atoms with van der Waals surface area (Å²) in [6.07, 6.45) is 15.5. The van der Waals surface area contributed by atoms with E-state index >= 15 is 0 Å². The summed E-state index contributed by atoms with van der Waals surface area (Å²) in [4.78, 5) is 2.81. The average Bonchev–Trinajstić information content (AvgIpc) is 2.37. The lowest BCUT2D eigenvalue weighted by Crippen LogP contribution is -2.49. The van der Waals surface area contributed by atoms with Crippen LogP contribution < -0.4 is 0 Å². The van der Waals surface area contributed by atoms with E-state index in [1.165, 1.54) is 38.8 Å². The highest BCUT2D eigenvalue weighted by molar-refractivity contribution is 5.02. The van der Waals surface area contributed by atoms with Crippen molar-refractivity contribution in [2.75, 3.05) is 13.1 Å². The zero-order valence-electron chi connectivity index (χ0n) is 12.7. The highest BCUT2D eigenvalue weighted by atomic mass is 15.2. The Morgan fingerprint density at radius 1 is 0.895 bits per heavy atom. The standard InChI is InChI=1S/C18H31N/c1-14(19-5-3-2-4-6-19)10-18-11-15-7-16(12-18)9-17(8-15)13-18/h14-17H,2-13H2,1H3. The number of likely N-dealkylation sites (tertiary alicyclic amines) is 1. The molecule has 5 rings (SSSR count). The highest BCUT2D eigenvalue weighted by Crippen LogP contribution is 2.61. The van der Waals surface area contributed by atoms with Crippen LogP contribution in [-0.4, -0.2) is 24.0 Å². The van der Waals surface area contributed by atoms with E-state index in [4.69, 9.17) is 0 Å². The van der Waals surface area contributed by atoms with Gasteiger partial charge in [0.15, 0.2) is 0 Å². The first-order chi connectivity index (χ1) is 9.22. The summed E-state index contributed by atoms with van der Waals surface area (Å²) in [7, 11) is 0. The van der Waals surface area contributed by atoms with Crippen molar-refractivity contribution in [3.63, 3.8) is 0 Å². The number of nitrogens with zero attached hydrogens (tertiary/aromatic N) is 1. The summed E-state index contributed by atoms with van der Waals surface area (Å²) in [5.41, 5.74) is 0.783. The Kier molecular flexibility index (Phi) is 3.17. The monoisotopic (exact) mass is 261 g/mol.